The Morgan fingerprint density at radius 1 is 1.24 bits per heavy atom. The average Bonchev–Trinajstić information content (AvgIpc) is 2.29. The number of nitrogens with zero attached hydrogens (tertiary/aromatic N) is 1. The molecule has 1 aromatic heterocycles. The second kappa shape index (κ2) is 4.29. The lowest BCUT2D eigenvalue weighted by atomic mass is 10.2. The molecule has 0 radical (unpaired) electrons. The van der Waals surface area contributed by atoms with Crippen molar-refractivity contribution < 1.29 is 5.11 Å². The second-order valence-corrected chi connectivity index (χ2v) is 3.87. The van der Waals surface area contributed by atoms with E-state index in [1.165, 1.54) is 10.8 Å². The highest BCUT2D eigenvalue weighted by Gasteiger charge is 2.01. The molecule has 0 aliphatic heterocycles. The first-order valence-corrected chi connectivity index (χ1v) is 5.14. The smallest absolute Gasteiger partial charge is 0.328 e. The molecule has 0 atom stereocenters. The van der Waals surface area contributed by atoms with Crippen molar-refractivity contribution in [3.63, 3.8) is 0 Å². The first kappa shape index (κ1) is 11.2. The molecule has 0 aliphatic rings. The molecular formula is C12H12N2O3. The molecule has 0 saturated carbocycles. The zero-order valence-corrected chi connectivity index (χ0v) is 9.30. The van der Waals surface area contributed by atoms with E-state index in [4.69, 9.17) is 5.11 Å². The van der Waals surface area contributed by atoms with Crippen LogP contribution in [0.1, 0.15) is 11.1 Å². The number of aryl methyl sites for hydroxylation is 1. The molecular weight excluding hydrogens is 220 g/mol. The van der Waals surface area contributed by atoms with Gasteiger partial charge in [0.1, 0.15) is 5.75 Å². The van der Waals surface area contributed by atoms with Gasteiger partial charge < -0.3 is 5.11 Å². The summed E-state index contributed by atoms with van der Waals surface area (Å²) in [6.45, 7) is 2.00. The Morgan fingerprint density at radius 2 is 1.88 bits per heavy atom. The number of phenolic OH excluding ortho intramolecular Hbond substituents is 1. The van der Waals surface area contributed by atoms with Gasteiger partial charge in [-0.1, -0.05) is 12.1 Å². The Morgan fingerprint density at radius 3 is 2.53 bits per heavy atom. The molecule has 0 bridgehead atoms. The van der Waals surface area contributed by atoms with E-state index in [2.05, 4.69) is 4.98 Å². The number of nitrogens with one attached hydrogen (secondary N) is 1. The second-order valence-electron chi connectivity index (χ2n) is 3.87. The summed E-state index contributed by atoms with van der Waals surface area (Å²) in [5.41, 5.74) is 0.561. The minimum absolute atomic E-state index is 0.179. The first-order chi connectivity index (χ1) is 8.06. The van der Waals surface area contributed by atoms with Crippen molar-refractivity contribution in [1.82, 2.24) is 9.55 Å². The van der Waals surface area contributed by atoms with Crippen LogP contribution >= 0.6 is 0 Å². The van der Waals surface area contributed by atoms with Crippen LogP contribution in [0.2, 0.25) is 0 Å². The summed E-state index contributed by atoms with van der Waals surface area (Å²) in [5, 5.41) is 9.14. The monoisotopic (exact) mass is 232 g/mol. The van der Waals surface area contributed by atoms with E-state index in [0.717, 1.165) is 5.56 Å². The van der Waals surface area contributed by atoms with E-state index in [-0.39, 0.29) is 11.3 Å². The maximum absolute atomic E-state index is 11.5. The van der Waals surface area contributed by atoms with Crippen LogP contribution in [0.4, 0.5) is 0 Å². The van der Waals surface area contributed by atoms with Crippen molar-refractivity contribution in [3.8, 4) is 5.75 Å². The molecule has 17 heavy (non-hydrogen) atoms. The van der Waals surface area contributed by atoms with Crippen LogP contribution < -0.4 is 11.2 Å². The van der Waals surface area contributed by atoms with Crippen LogP contribution in [0.25, 0.3) is 0 Å². The fourth-order valence-corrected chi connectivity index (χ4v) is 1.53. The standard InChI is InChI=1S/C12H12N2O3/c1-8-6-14(12(17)13-11(8)16)7-9-2-4-10(15)5-3-9/h2-6,15H,7H2,1H3,(H,13,16,17). The molecule has 0 spiro atoms. The average molecular weight is 232 g/mol. The number of rotatable bonds is 2. The van der Waals surface area contributed by atoms with Gasteiger partial charge in [-0.2, -0.15) is 0 Å². The zero-order chi connectivity index (χ0) is 12.4. The fraction of sp³-hybridized carbons (Fsp3) is 0.167. The van der Waals surface area contributed by atoms with E-state index in [1.54, 1.807) is 31.2 Å². The summed E-state index contributed by atoms with van der Waals surface area (Å²) < 4.78 is 1.42. The van der Waals surface area contributed by atoms with E-state index in [9.17, 15) is 9.59 Å². The SMILES string of the molecule is Cc1cn(Cc2ccc(O)cc2)c(=O)[nH]c1=O. The number of benzene rings is 1. The van der Waals surface area contributed by atoms with Gasteiger partial charge in [0.15, 0.2) is 0 Å². The number of H-pyrrole nitrogens is 1. The lowest BCUT2D eigenvalue weighted by molar-refractivity contribution is 0.475. The Hall–Kier alpha value is -2.30. The maximum atomic E-state index is 11.5. The minimum Gasteiger partial charge on any atom is -0.508 e. The minimum atomic E-state index is -0.436. The molecule has 1 heterocycles. The molecule has 2 N–H and O–H groups in total. The van der Waals surface area contributed by atoms with E-state index in [1.807, 2.05) is 0 Å². The number of aromatic nitrogens is 2. The zero-order valence-electron chi connectivity index (χ0n) is 9.30. The van der Waals surface area contributed by atoms with Crippen molar-refractivity contribution in [2.45, 2.75) is 13.5 Å². The van der Waals surface area contributed by atoms with Crippen molar-refractivity contribution in [2.24, 2.45) is 0 Å². The summed E-state index contributed by atoms with van der Waals surface area (Å²) in [6, 6.07) is 6.56. The van der Waals surface area contributed by atoms with Crippen LogP contribution in [-0.2, 0) is 6.54 Å². The quantitative estimate of drug-likeness (QED) is 0.796. The number of aromatic hydroxyl groups is 1. The largest absolute Gasteiger partial charge is 0.508 e. The molecule has 0 saturated heterocycles. The predicted molar refractivity (Wildman–Crippen MR) is 63.3 cm³/mol. The van der Waals surface area contributed by atoms with E-state index < -0.39 is 5.69 Å². The highest BCUT2D eigenvalue weighted by atomic mass is 16.3. The lowest BCUT2D eigenvalue weighted by Gasteiger charge is -2.06. The normalized spacial score (nSPS) is 10.4. The van der Waals surface area contributed by atoms with Crippen LogP contribution in [0.3, 0.4) is 0 Å². The van der Waals surface area contributed by atoms with Gasteiger partial charge in [0.25, 0.3) is 5.56 Å². The van der Waals surface area contributed by atoms with Crippen molar-refractivity contribution in [1.29, 1.82) is 0 Å². The number of hydrogen-bond acceptors (Lipinski definition) is 3. The van der Waals surface area contributed by atoms with Crippen LogP contribution in [0.5, 0.6) is 5.75 Å². The predicted octanol–water partition coefficient (Wildman–Crippen LogP) is 0.599. The van der Waals surface area contributed by atoms with Gasteiger partial charge in [-0.25, -0.2) is 4.79 Å². The van der Waals surface area contributed by atoms with Gasteiger partial charge in [0, 0.05) is 11.8 Å². The van der Waals surface area contributed by atoms with Gasteiger partial charge in [-0.3, -0.25) is 14.3 Å². The first-order valence-electron chi connectivity index (χ1n) is 5.14. The number of hydrogen-bond donors (Lipinski definition) is 2. The van der Waals surface area contributed by atoms with Crippen LogP contribution in [0, 0.1) is 6.92 Å². The third-order valence-corrected chi connectivity index (χ3v) is 2.48. The summed E-state index contributed by atoms with van der Waals surface area (Å²) in [7, 11) is 0. The van der Waals surface area contributed by atoms with E-state index in [0.29, 0.717) is 12.1 Å². The van der Waals surface area contributed by atoms with Crippen LogP contribution in [0.15, 0.2) is 40.1 Å². The fourth-order valence-electron chi connectivity index (χ4n) is 1.53. The Balaban J connectivity index is 2.36. The highest BCUT2D eigenvalue weighted by Crippen LogP contribution is 2.09. The Kier molecular flexibility index (Phi) is 2.82. The van der Waals surface area contributed by atoms with Crippen molar-refractivity contribution in [2.75, 3.05) is 0 Å². The lowest BCUT2D eigenvalue weighted by Crippen LogP contribution is -2.31. The molecule has 5 heteroatoms. The molecule has 2 rings (SSSR count). The van der Waals surface area contributed by atoms with Gasteiger partial charge in [-0.15, -0.1) is 0 Å². The molecule has 88 valence electrons. The molecule has 2 aromatic rings. The van der Waals surface area contributed by atoms with Gasteiger partial charge in [-0.05, 0) is 24.6 Å². The molecule has 0 unspecified atom stereocenters. The third kappa shape index (κ3) is 2.44. The molecule has 0 amide bonds. The van der Waals surface area contributed by atoms with Crippen molar-refractivity contribution in [3.05, 3.63) is 62.4 Å². The van der Waals surface area contributed by atoms with E-state index >= 15 is 0 Å². The Labute approximate surface area is 97.0 Å². The summed E-state index contributed by atoms with van der Waals surface area (Å²) in [5.74, 6) is 0.179. The topological polar surface area (TPSA) is 75.1 Å². The summed E-state index contributed by atoms with van der Waals surface area (Å²) >= 11 is 0. The van der Waals surface area contributed by atoms with Crippen LogP contribution in [-0.4, -0.2) is 14.7 Å². The van der Waals surface area contributed by atoms with Crippen molar-refractivity contribution >= 4 is 0 Å². The van der Waals surface area contributed by atoms with Gasteiger partial charge in [0.2, 0.25) is 0 Å². The molecule has 0 aliphatic carbocycles. The third-order valence-electron chi connectivity index (χ3n) is 2.48. The molecule has 0 fully saturated rings. The summed E-state index contributed by atoms with van der Waals surface area (Å²) in [4.78, 5) is 24.9. The Bertz CT molecular complexity index is 638. The van der Waals surface area contributed by atoms with Gasteiger partial charge >= 0.3 is 5.69 Å². The highest BCUT2D eigenvalue weighted by molar-refractivity contribution is 5.26. The molecule has 5 nitrogen and oxygen atoms in total. The summed E-state index contributed by atoms with van der Waals surface area (Å²) in [6.07, 6.45) is 1.52. The number of phenols is 1. The maximum Gasteiger partial charge on any atom is 0.328 e. The van der Waals surface area contributed by atoms with Gasteiger partial charge in [0.05, 0.1) is 6.54 Å². The molecule has 1 aromatic carbocycles. The number of aromatic amines is 1.